The number of aromatic nitrogens is 3. The van der Waals surface area contributed by atoms with Crippen molar-refractivity contribution in [2.75, 3.05) is 13.7 Å². The van der Waals surface area contributed by atoms with Crippen molar-refractivity contribution in [2.45, 2.75) is 25.4 Å². The zero-order chi connectivity index (χ0) is 14.1. The standard InChI is InChI=1S/C12H14N4O3S/c1-19-11(18)9-3-2-4-15(9)6-8-5-10(17)16-12(14-8)20-7-13-16/h5,7,9H,2-4,6H2,1H3. The molecule has 0 spiro atoms. The van der Waals surface area contributed by atoms with Crippen molar-refractivity contribution in [1.82, 2.24) is 19.5 Å². The van der Waals surface area contributed by atoms with E-state index in [-0.39, 0.29) is 17.6 Å². The van der Waals surface area contributed by atoms with Crippen LogP contribution in [0.5, 0.6) is 0 Å². The van der Waals surface area contributed by atoms with Crippen LogP contribution in [0.1, 0.15) is 18.5 Å². The van der Waals surface area contributed by atoms with Crippen molar-refractivity contribution in [3.63, 3.8) is 0 Å². The van der Waals surface area contributed by atoms with E-state index in [2.05, 4.69) is 10.1 Å². The summed E-state index contributed by atoms with van der Waals surface area (Å²) in [6, 6.07) is 1.24. The average molecular weight is 294 g/mol. The van der Waals surface area contributed by atoms with E-state index >= 15 is 0 Å². The second kappa shape index (κ2) is 5.29. The van der Waals surface area contributed by atoms with Crippen LogP contribution in [0.2, 0.25) is 0 Å². The predicted molar refractivity (Wildman–Crippen MR) is 72.6 cm³/mol. The summed E-state index contributed by atoms with van der Waals surface area (Å²) in [5, 5.41) is 3.92. The molecule has 0 N–H and O–H groups in total. The number of hydrogen-bond acceptors (Lipinski definition) is 7. The van der Waals surface area contributed by atoms with E-state index in [0.29, 0.717) is 17.2 Å². The number of hydrogen-bond donors (Lipinski definition) is 0. The van der Waals surface area contributed by atoms with Crippen LogP contribution in [0.3, 0.4) is 0 Å². The molecular weight excluding hydrogens is 280 g/mol. The zero-order valence-corrected chi connectivity index (χ0v) is 11.8. The van der Waals surface area contributed by atoms with E-state index in [9.17, 15) is 9.59 Å². The zero-order valence-electron chi connectivity index (χ0n) is 11.0. The summed E-state index contributed by atoms with van der Waals surface area (Å²) in [4.78, 5) is 30.5. The summed E-state index contributed by atoms with van der Waals surface area (Å²) in [5.74, 6) is -0.224. The molecule has 1 fully saturated rings. The first-order chi connectivity index (χ1) is 9.69. The van der Waals surface area contributed by atoms with E-state index in [4.69, 9.17) is 4.74 Å². The van der Waals surface area contributed by atoms with E-state index < -0.39 is 0 Å². The highest BCUT2D eigenvalue weighted by molar-refractivity contribution is 7.14. The molecule has 106 valence electrons. The Bertz CT molecular complexity index is 695. The van der Waals surface area contributed by atoms with Gasteiger partial charge in [0.15, 0.2) is 0 Å². The first-order valence-electron chi connectivity index (χ1n) is 6.33. The molecule has 0 saturated carbocycles. The highest BCUT2D eigenvalue weighted by atomic mass is 32.1. The second-order valence-corrected chi connectivity index (χ2v) is 5.48. The van der Waals surface area contributed by atoms with Gasteiger partial charge in [-0.1, -0.05) is 11.3 Å². The van der Waals surface area contributed by atoms with E-state index in [1.165, 1.54) is 29.0 Å². The molecule has 0 aliphatic carbocycles. The quantitative estimate of drug-likeness (QED) is 0.757. The Morgan fingerprint density at radius 1 is 1.60 bits per heavy atom. The number of fused-ring (bicyclic) bond motifs is 1. The lowest BCUT2D eigenvalue weighted by Crippen LogP contribution is -2.36. The molecule has 8 heteroatoms. The maximum atomic E-state index is 11.9. The third-order valence-corrected chi connectivity index (χ3v) is 4.12. The SMILES string of the molecule is COC(=O)C1CCCN1Cc1cc(=O)n2ncsc2n1. The van der Waals surface area contributed by atoms with Crippen LogP contribution in [0, 0.1) is 0 Å². The number of carbonyl (C=O) groups excluding carboxylic acids is 1. The third kappa shape index (κ3) is 2.32. The largest absolute Gasteiger partial charge is 0.468 e. The fraction of sp³-hybridized carbons (Fsp3) is 0.500. The summed E-state index contributed by atoms with van der Waals surface area (Å²) in [7, 11) is 1.40. The Morgan fingerprint density at radius 2 is 2.45 bits per heavy atom. The molecule has 7 nitrogen and oxygen atoms in total. The van der Waals surface area contributed by atoms with Gasteiger partial charge in [0.05, 0.1) is 12.8 Å². The molecule has 3 rings (SSSR count). The average Bonchev–Trinajstić information content (AvgIpc) is 3.07. The lowest BCUT2D eigenvalue weighted by Gasteiger charge is -2.21. The predicted octanol–water partition coefficient (Wildman–Crippen LogP) is 0.288. The summed E-state index contributed by atoms with van der Waals surface area (Å²) >= 11 is 1.32. The van der Waals surface area contributed by atoms with Crippen molar-refractivity contribution in [3.05, 3.63) is 27.6 Å². The van der Waals surface area contributed by atoms with Gasteiger partial charge in [0, 0.05) is 12.6 Å². The molecule has 1 saturated heterocycles. The molecule has 2 aromatic heterocycles. The van der Waals surface area contributed by atoms with Crippen molar-refractivity contribution in [1.29, 1.82) is 0 Å². The van der Waals surface area contributed by atoms with Crippen LogP contribution in [0.4, 0.5) is 0 Å². The first kappa shape index (κ1) is 13.2. The Kier molecular flexibility index (Phi) is 3.49. The van der Waals surface area contributed by atoms with Crippen molar-refractivity contribution >= 4 is 22.3 Å². The summed E-state index contributed by atoms with van der Waals surface area (Å²) in [5.41, 5.74) is 2.05. The van der Waals surface area contributed by atoms with Crippen molar-refractivity contribution in [2.24, 2.45) is 0 Å². The lowest BCUT2D eigenvalue weighted by molar-refractivity contribution is -0.146. The normalized spacial score (nSPS) is 19.6. The van der Waals surface area contributed by atoms with Crippen LogP contribution in [0.25, 0.3) is 4.96 Å². The minimum atomic E-state index is -0.235. The number of ether oxygens (including phenoxy) is 1. The second-order valence-electron chi connectivity index (χ2n) is 4.67. The minimum Gasteiger partial charge on any atom is -0.468 e. The van der Waals surface area contributed by atoms with Gasteiger partial charge in [-0.3, -0.25) is 14.5 Å². The molecule has 1 unspecified atom stereocenters. The van der Waals surface area contributed by atoms with Gasteiger partial charge in [0.1, 0.15) is 11.6 Å². The number of rotatable bonds is 3. The van der Waals surface area contributed by atoms with E-state index in [1.54, 1.807) is 5.51 Å². The molecule has 0 aromatic carbocycles. The van der Waals surface area contributed by atoms with Gasteiger partial charge in [-0.25, -0.2) is 4.98 Å². The molecule has 0 amide bonds. The molecule has 20 heavy (non-hydrogen) atoms. The first-order valence-corrected chi connectivity index (χ1v) is 7.21. The summed E-state index contributed by atoms with van der Waals surface area (Å²) in [6.45, 7) is 1.28. The van der Waals surface area contributed by atoms with E-state index in [0.717, 1.165) is 19.4 Å². The van der Waals surface area contributed by atoms with Gasteiger partial charge in [0.2, 0.25) is 4.96 Å². The van der Waals surface area contributed by atoms with E-state index in [1.807, 2.05) is 4.90 Å². The van der Waals surface area contributed by atoms with Crippen LogP contribution in [-0.4, -0.2) is 45.2 Å². The topological polar surface area (TPSA) is 76.8 Å². The van der Waals surface area contributed by atoms with Gasteiger partial charge in [-0.2, -0.15) is 9.61 Å². The molecular formula is C12H14N4O3S. The molecule has 1 aliphatic rings. The monoisotopic (exact) mass is 294 g/mol. The Labute approximate surface area is 118 Å². The Balaban J connectivity index is 1.85. The molecule has 2 aromatic rings. The molecule has 0 bridgehead atoms. The third-order valence-electron chi connectivity index (χ3n) is 3.44. The van der Waals surface area contributed by atoms with Gasteiger partial charge < -0.3 is 4.74 Å². The summed E-state index contributed by atoms with van der Waals surface area (Å²) in [6.07, 6.45) is 1.73. The van der Waals surface area contributed by atoms with Crippen LogP contribution < -0.4 is 5.56 Å². The van der Waals surface area contributed by atoms with Crippen LogP contribution in [-0.2, 0) is 16.1 Å². The Morgan fingerprint density at radius 3 is 3.25 bits per heavy atom. The van der Waals surface area contributed by atoms with Gasteiger partial charge in [-0.15, -0.1) is 0 Å². The maximum Gasteiger partial charge on any atom is 0.323 e. The summed E-state index contributed by atoms with van der Waals surface area (Å²) < 4.78 is 6.08. The van der Waals surface area contributed by atoms with Gasteiger partial charge in [-0.05, 0) is 19.4 Å². The van der Waals surface area contributed by atoms with Crippen molar-refractivity contribution in [3.8, 4) is 0 Å². The fourth-order valence-corrected chi connectivity index (χ4v) is 3.15. The van der Waals surface area contributed by atoms with Crippen LogP contribution in [0.15, 0.2) is 16.4 Å². The minimum absolute atomic E-state index is 0.194. The Hall–Kier alpha value is -1.80. The number of likely N-dealkylation sites (tertiary alicyclic amines) is 1. The number of esters is 1. The van der Waals surface area contributed by atoms with Gasteiger partial charge >= 0.3 is 5.97 Å². The lowest BCUT2D eigenvalue weighted by atomic mass is 10.2. The molecule has 0 radical (unpaired) electrons. The molecule has 1 aliphatic heterocycles. The maximum absolute atomic E-state index is 11.9. The fourth-order valence-electron chi connectivity index (χ4n) is 2.51. The smallest absolute Gasteiger partial charge is 0.323 e. The number of carbonyl (C=O) groups is 1. The molecule has 3 heterocycles. The van der Waals surface area contributed by atoms with Crippen LogP contribution >= 0.6 is 11.3 Å². The molecule has 1 atom stereocenters. The number of methoxy groups -OCH3 is 1. The van der Waals surface area contributed by atoms with Crippen molar-refractivity contribution < 1.29 is 9.53 Å². The number of nitrogens with zero attached hydrogens (tertiary/aromatic N) is 4. The highest BCUT2D eigenvalue weighted by Crippen LogP contribution is 2.20. The highest BCUT2D eigenvalue weighted by Gasteiger charge is 2.31. The van der Waals surface area contributed by atoms with Gasteiger partial charge in [0.25, 0.3) is 5.56 Å².